The number of hydrogen-bond donors (Lipinski definition) is 0. The number of nitrogens with zero attached hydrogens (tertiary/aromatic N) is 3. The summed E-state index contributed by atoms with van der Waals surface area (Å²) in [6.07, 6.45) is 2.20. The van der Waals surface area contributed by atoms with Crippen LogP contribution < -0.4 is 0 Å². The number of morpholine rings is 1. The van der Waals surface area contributed by atoms with Gasteiger partial charge in [-0.25, -0.2) is 4.98 Å². The SMILES string of the molecule is Cc1cc2ncn(CC3CN(C(C)C)CCO3)c2cc1C. The van der Waals surface area contributed by atoms with Crippen LogP contribution in [-0.4, -0.2) is 46.3 Å². The van der Waals surface area contributed by atoms with Crippen LogP contribution in [-0.2, 0) is 11.3 Å². The van der Waals surface area contributed by atoms with Crippen molar-refractivity contribution in [3.63, 3.8) is 0 Å². The molecule has 1 unspecified atom stereocenters. The van der Waals surface area contributed by atoms with Gasteiger partial charge in [0.2, 0.25) is 0 Å². The molecular formula is C17H25N3O. The predicted molar refractivity (Wildman–Crippen MR) is 85.7 cm³/mol. The summed E-state index contributed by atoms with van der Waals surface area (Å²) in [6, 6.07) is 4.99. The normalized spacial score (nSPS) is 20.5. The van der Waals surface area contributed by atoms with Crippen LogP contribution in [0.3, 0.4) is 0 Å². The van der Waals surface area contributed by atoms with Gasteiger partial charge in [0.15, 0.2) is 0 Å². The molecule has 1 aliphatic rings. The summed E-state index contributed by atoms with van der Waals surface area (Å²) < 4.78 is 8.18. The molecule has 1 aromatic heterocycles. The molecular weight excluding hydrogens is 262 g/mol. The highest BCUT2D eigenvalue weighted by Gasteiger charge is 2.23. The first kappa shape index (κ1) is 14.5. The topological polar surface area (TPSA) is 30.3 Å². The maximum atomic E-state index is 5.94. The van der Waals surface area contributed by atoms with Crippen LogP contribution in [0.5, 0.6) is 0 Å². The average molecular weight is 287 g/mol. The second kappa shape index (κ2) is 5.78. The number of ether oxygens (including phenoxy) is 1. The molecule has 0 radical (unpaired) electrons. The van der Waals surface area contributed by atoms with Crippen LogP contribution in [0.1, 0.15) is 25.0 Å². The average Bonchev–Trinajstić information content (AvgIpc) is 2.82. The molecule has 1 fully saturated rings. The summed E-state index contributed by atoms with van der Waals surface area (Å²) in [5, 5.41) is 0. The largest absolute Gasteiger partial charge is 0.374 e. The number of aromatic nitrogens is 2. The second-order valence-corrected chi connectivity index (χ2v) is 6.40. The minimum Gasteiger partial charge on any atom is -0.374 e. The fourth-order valence-corrected chi connectivity index (χ4v) is 3.00. The molecule has 1 atom stereocenters. The third-order valence-electron chi connectivity index (χ3n) is 4.54. The molecule has 1 aliphatic heterocycles. The van der Waals surface area contributed by atoms with Gasteiger partial charge in [-0.1, -0.05) is 0 Å². The van der Waals surface area contributed by atoms with Crippen molar-refractivity contribution in [1.29, 1.82) is 0 Å². The van der Waals surface area contributed by atoms with Crippen molar-refractivity contribution < 1.29 is 4.74 Å². The van der Waals surface area contributed by atoms with Gasteiger partial charge < -0.3 is 9.30 Å². The molecule has 21 heavy (non-hydrogen) atoms. The van der Waals surface area contributed by atoms with Crippen molar-refractivity contribution in [2.24, 2.45) is 0 Å². The summed E-state index contributed by atoms with van der Waals surface area (Å²) in [6.45, 7) is 12.5. The molecule has 0 saturated carbocycles. The zero-order valence-electron chi connectivity index (χ0n) is 13.5. The lowest BCUT2D eigenvalue weighted by Crippen LogP contribution is -2.47. The highest BCUT2D eigenvalue weighted by molar-refractivity contribution is 5.77. The van der Waals surface area contributed by atoms with Gasteiger partial charge in [0.25, 0.3) is 0 Å². The Balaban J connectivity index is 1.80. The Kier molecular flexibility index (Phi) is 4.00. The van der Waals surface area contributed by atoms with Gasteiger partial charge in [-0.3, -0.25) is 4.90 Å². The van der Waals surface area contributed by atoms with Crippen LogP contribution in [0.15, 0.2) is 18.5 Å². The van der Waals surface area contributed by atoms with Crippen molar-refractivity contribution in [2.75, 3.05) is 19.7 Å². The van der Waals surface area contributed by atoms with Gasteiger partial charge in [-0.15, -0.1) is 0 Å². The Morgan fingerprint density at radius 1 is 1.29 bits per heavy atom. The quantitative estimate of drug-likeness (QED) is 0.869. The first-order chi connectivity index (χ1) is 10.0. The highest BCUT2D eigenvalue weighted by atomic mass is 16.5. The predicted octanol–water partition coefficient (Wildman–Crippen LogP) is 2.76. The van der Waals surface area contributed by atoms with Crippen molar-refractivity contribution >= 4 is 11.0 Å². The standard InChI is InChI=1S/C17H25N3O/c1-12(2)19-5-6-21-15(9-19)10-20-11-18-16-7-13(3)14(4)8-17(16)20/h7-8,11-12,15H,5-6,9-10H2,1-4H3. The summed E-state index contributed by atoms with van der Waals surface area (Å²) in [5.74, 6) is 0. The van der Waals surface area contributed by atoms with E-state index in [-0.39, 0.29) is 6.10 Å². The Hall–Kier alpha value is -1.39. The lowest BCUT2D eigenvalue weighted by molar-refractivity contribution is -0.0451. The molecule has 4 heteroatoms. The van der Waals surface area contributed by atoms with E-state index in [1.807, 2.05) is 6.33 Å². The molecule has 0 bridgehead atoms. The van der Waals surface area contributed by atoms with Crippen LogP contribution in [0.4, 0.5) is 0 Å². The van der Waals surface area contributed by atoms with Crippen molar-refractivity contribution in [1.82, 2.24) is 14.5 Å². The molecule has 0 N–H and O–H groups in total. The van der Waals surface area contributed by atoms with Crippen LogP contribution in [0.2, 0.25) is 0 Å². The molecule has 0 amide bonds. The number of aryl methyl sites for hydroxylation is 2. The van der Waals surface area contributed by atoms with Crippen LogP contribution in [0, 0.1) is 13.8 Å². The molecule has 0 aliphatic carbocycles. The zero-order chi connectivity index (χ0) is 15.0. The monoisotopic (exact) mass is 287 g/mol. The summed E-state index contributed by atoms with van der Waals surface area (Å²) in [5.41, 5.74) is 4.91. The van der Waals surface area contributed by atoms with Crippen LogP contribution >= 0.6 is 0 Å². The first-order valence-corrected chi connectivity index (χ1v) is 7.82. The van der Waals surface area contributed by atoms with Crippen molar-refractivity contribution in [3.05, 3.63) is 29.6 Å². The van der Waals surface area contributed by atoms with Gasteiger partial charge in [0, 0.05) is 19.1 Å². The minimum atomic E-state index is 0.250. The van der Waals surface area contributed by atoms with E-state index in [0.29, 0.717) is 6.04 Å². The molecule has 2 aromatic rings. The second-order valence-electron chi connectivity index (χ2n) is 6.40. The van der Waals surface area contributed by atoms with Gasteiger partial charge in [0.1, 0.15) is 0 Å². The van der Waals surface area contributed by atoms with E-state index in [4.69, 9.17) is 4.74 Å². The molecule has 114 valence electrons. The lowest BCUT2D eigenvalue weighted by atomic mass is 10.1. The third-order valence-corrected chi connectivity index (χ3v) is 4.54. The number of imidazole rings is 1. The molecule has 3 rings (SSSR count). The molecule has 0 spiro atoms. The van der Waals surface area contributed by atoms with E-state index in [1.165, 1.54) is 16.6 Å². The van der Waals surface area contributed by atoms with E-state index < -0.39 is 0 Å². The van der Waals surface area contributed by atoms with E-state index >= 15 is 0 Å². The maximum absolute atomic E-state index is 5.94. The van der Waals surface area contributed by atoms with E-state index in [0.717, 1.165) is 31.8 Å². The number of benzene rings is 1. The molecule has 4 nitrogen and oxygen atoms in total. The summed E-state index contributed by atoms with van der Waals surface area (Å²) >= 11 is 0. The van der Waals surface area contributed by atoms with E-state index in [2.05, 4.69) is 54.3 Å². The van der Waals surface area contributed by atoms with Crippen molar-refractivity contribution in [3.8, 4) is 0 Å². The van der Waals surface area contributed by atoms with E-state index in [9.17, 15) is 0 Å². The van der Waals surface area contributed by atoms with E-state index in [1.54, 1.807) is 0 Å². The van der Waals surface area contributed by atoms with Gasteiger partial charge in [-0.05, 0) is 51.0 Å². The van der Waals surface area contributed by atoms with Crippen molar-refractivity contribution in [2.45, 2.75) is 46.4 Å². The zero-order valence-corrected chi connectivity index (χ0v) is 13.5. The Bertz CT molecular complexity index is 632. The molecule has 2 heterocycles. The summed E-state index contributed by atoms with van der Waals surface area (Å²) in [7, 11) is 0. The maximum Gasteiger partial charge on any atom is 0.0959 e. The lowest BCUT2D eigenvalue weighted by Gasteiger charge is -2.35. The molecule has 1 saturated heterocycles. The highest BCUT2D eigenvalue weighted by Crippen LogP contribution is 2.20. The number of rotatable bonds is 3. The Labute approximate surface area is 126 Å². The number of fused-ring (bicyclic) bond motifs is 1. The fraction of sp³-hybridized carbons (Fsp3) is 0.588. The number of hydrogen-bond acceptors (Lipinski definition) is 3. The fourth-order valence-electron chi connectivity index (χ4n) is 3.00. The minimum absolute atomic E-state index is 0.250. The Morgan fingerprint density at radius 3 is 2.81 bits per heavy atom. The third kappa shape index (κ3) is 2.97. The Morgan fingerprint density at radius 2 is 2.05 bits per heavy atom. The summed E-state index contributed by atoms with van der Waals surface area (Å²) in [4.78, 5) is 7.02. The first-order valence-electron chi connectivity index (χ1n) is 7.82. The van der Waals surface area contributed by atoms with Gasteiger partial charge in [0.05, 0.1) is 36.6 Å². The smallest absolute Gasteiger partial charge is 0.0959 e. The van der Waals surface area contributed by atoms with Gasteiger partial charge in [-0.2, -0.15) is 0 Å². The molecule has 1 aromatic carbocycles. The van der Waals surface area contributed by atoms with Crippen LogP contribution in [0.25, 0.3) is 11.0 Å². The van der Waals surface area contributed by atoms with Gasteiger partial charge >= 0.3 is 0 Å².